The van der Waals surface area contributed by atoms with Crippen LogP contribution in [0.4, 0.5) is 0 Å². The van der Waals surface area contributed by atoms with E-state index in [0.29, 0.717) is 19.1 Å². The Labute approximate surface area is 232 Å². The van der Waals surface area contributed by atoms with Crippen molar-refractivity contribution in [2.45, 2.75) is 32.2 Å². The molecule has 0 radical (unpaired) electrons. The number of hydrogen-bond donors (Lipinski definition) is 1. The lowest BCUT2D eigenvalue weighted by molar-refractivity contribution is -0.127. The highest BCUT2D eigenvalue weighted by atomic mass is 16.5. The van der Waals surface area contributed by atoms with E-state index in [2.05, 4.69) is 75.8 Å². The maximum absolute atomic E-state index is 13.3. The van der Waals surface area contributed by atoms with E-state index in [0.717, 1.165) is 71.1 Å². The van der Waals surface area contributed by atoms with Crippen LogP contribution in [0.5, 0.6) is 5.75 Å². The number of piperidine rings is 1. The summed E-state index contributed by atoms with van der Waals surface area (Å²) < 4.78 is 11.8. The van der Waals surface area contributed by atoms with E-state index >= 15 is 0 Å². The Balaban J connectivity index is 1.10. The van der Waals surface area contributed by atoms with E-state index in [9.17, 15) is 4.79 Å². The summed E-state index contributed by atoms with van der Waals surface area (Å²) in [6.45, 7) is 8.24. The molecule has 6 heteroatoms. The first kappa shape index (κ1) is 26.3. The summed E-state index contributed by atoms with van der Waals surface area (Å²) >= 11 is 0. The van der Waals surface area contributed by atoms with E-state index in [1.54, 1.807) is 0 Å². The second-order valence-electron chi connectivity index (χ2n) is 11.5. The number of nitrogens with one attached hydrogen (secondary N) is 1. The Kier molecular flexibility index (Phi) is 8.43. The van der Waals surface area contributed by atoms with E-state index < -0.39 is 0 Å². The number of carbonyl (C=O) groups is 1. The summed E-state index contributed by atoms with van der Waals surface area (Å²) in [5, 5.41) is 5.77. The number of rotatable bonds is 9. The van der Waals surface area contributed by atoms with Gasteiger partial charge in [-0.05, 0) is 71.3 Å². The highest BCUT2D eigenvalue weighted by Gasteiger charge is 2.32. The molecule has 1 aliphatic carbocycles. The van der Waals surface area contributed by atoms with Crippen LogP contribution in [0.1, 0.15) is 29.5 Å². The van der Waals surface area contributed by atoms with Crippen LogP contribution in [0.25, 0.3) is 10.8 Å². The van der Waals surface area contributed by atoms with Crippen molar-refractivity contribution in [2.24, 2.45) is 11.8 Å². The SMILES string of the molecule is O=C(NCCN1CCOCC1)[C@@H]1C[C@H](COc2ccc3c(c2)CCC3)CN(Cc2ccc3ccccc3c2)C1. The first-order chi connectivity index (χ1) is 19.2. The number of amides is 1. The summed E-state index contributed by atoms with van der Waals surface area (Å²) in [4.78, 5) is 18.2. The lowest BCUT2D eigenvalue weighted by Gasteiger charge is -2.37. The second-order valence-corrected chi connectivity index (χ2v) is 11.5. The summed E-state index contributed by atoms with van der Waals surface area (Å²) in [6.07, 6.45) is 4.45. The number of likely N-dealkylation sites (tertiary alicyclic amines) is 1. The summed E-state index contributed by atoms with van der Waals surface area (Å²) in [5.74, 6) is 1.42. The quantitative estimate of drug-likeness (QED) is 0.450. The van der Waals surface area contributed by atoms with E-state index in [1.807, 2.05) is 0 Å². The van der Waals surface area contributed by atoms with Gasteiger partial charge in [0.25, 0.3) is 0 Å². The standard InChI is InChI=1S/C33H41N3O3/c37-33(34-12-13-35-14-16-38-17-15-35)31-19-26(24-39-32-11-10-28-6-3-7-30(28)20-32)22-36(23-31)21-25-8-9-27-4-1-2-5-29(27)18-25/h1-2,4-5,8-11,18,20,26,31H,3,6-7,12-17,19,21-24H2,(H,34,37)/t26-,31+/m0/s1. The van der Waals surface area contributed by atoms with Crippen LogP contribution >= 0.6 is 0 Å². The Hall–Kier alpha value is -2.93. The molecule has 2 atom stereocenters. The first-order valence-corrected chi connectivity index (χ1v) is 14.7. The van der Waals surface area contributed by atoms with Crippen molar-refractivity contribution < 1.29 is 14.3 Å². The molecule has 0 bridgehead atoms. The topological polar surface area (TPSA) is 54.0 Å². The highest BCUT2D eigenvalue weighted by Crippen LogP contribution is 2.29. The monoisotopic (exact) mass is 527 g/mol. The molecule has 2 fully saturated rings. The normalized spacial score (nSPS) is 22.1. The number of aryl methyl sites for hydroxylation is 2. The Morgan fingerprint density at radius 2 is 1.77 bits per heavy atom. The van der Waals surface area contributed by atoms with Gasteiger partial charge in [0, 0.05) is 51.7 Å². The number of carbonyl (C=O) groups excluding carboxylic acids is 1. The van der Waals surface area contributed by atoms with Crippen molar-refractivity contribution in [1.82, 2.24) is 15.1 Å². The van der Waals surface area contributed by atoms with Gasteiger partial charge in [-0.1, -0.05) is 42.5 Å². The number of nitrogens with zero attached hydrogens (tertiary/aromatic N) is 2. The van der Waals surface area contributed by atoms with E-state index in [4.69, 9.17) is 9.47 Å². The predicted molar refractivity (Wildman–Crippen MR) is 155 cm³/mol. The molecule has 0 unspecified atom stereocenters. The van der Waals surface area contributed by atoms with Gasteiger partial charge in [0.05, 0.1) is 25.7 Å². The largest absolute Gasteiger partial charge is 0.493 e. The lowest BCUT2D eigenvalue weighted by Crippen LogP contribution is -2.48. The van der Waals surface area contributed by atoms with Crippen LogP contribution in [0, 0.1) is 11.8 Å². The van der Waals surface area contributed by atoms with Gasteiger partial charge in [-0.15, -0.1) is 0 Å². The molecular formula is C33H41N3O3. The molecule has 2 saturated heterocycles. The number of benzene rings is 3. The summed E-state index contributed by atoms with van der Waals surface area (Å²) in [5.41, 5.74) is 4.20. The van der Waals surface area contributed by atoms with E-state index in [-0.39, 0.29) is 11.8 Å². The Bertz CT molecular complexity index is 1270. The maximum atomic E-state index is 13.3. The molecule has 3 aromatic carbocycles. The highest BCUT2D eigenvalue weighted by molar-refractivity contribution is 5.83. The van der Waals surface area contributed by atoms with Crippen LogP contribution < -0.4 is 10.1 Å². The molecule has 0 aromatic heterocycles. The van der Waals surface area contributed by atoms with Crippen LogP contribution in [0.3, 0.4) is 0 Å². The fraction of sp³-hybridized carbons (Fsp3) is 0.485. The molecule has 0 saturated carbocycles. The zero-order chi connectivity index (χ0) is 26.4. The molecular weight excluding hydrogens is 486 g/mol. The maximum Gasteiger partial charge on any atom is 0.224 e. The van der Waals surface area contributed by atoms with Gasteiger partial charge in [0.2, 0.25) is 5.91 Å². The van der Waals surface area contributed by atoms with Gasteiger partial charge in [-0.25, -0.2) is 0 Å². The smallest absolute Gasteiger partial charge is 0.224 e. The molecule has 39 heavy (non-hydrogen) atoms. The molecule has 2 aliphatic heterocycles. The van der Waals surface area contributed by atoms with Crippen LogP contribution in [0.15, 0.2) is 60.7 Å². The third-order valence-electron chi connectivity index (χ3n) is 8.59. The minimum absolute atomic E-state index is 0.0301. The zero-order valence-electron chi connectivity index (χ0n) is 22.9. The van der Waals surface area contributed by atoms with Gasteiger partial charge in [0.1, 0.15) is 5.75 Å². The molecule has 1 N–H and O–H groups in total. The van der Waals surface area contributed by atoms with Gasteiger partial charge in [-0.2, -0.15) is 0 Å². The Morgan fingerprint density at radius 1 is 0.923 bits per heavy atom. The van der Waals surface area contributed by atoms with Crippen LogP contribution in [-0.4, -0.2) is 74.8 Å². The molecule has 0 spiro atoms. The van der Waals surface area contributed by atoms with Crippen LogP contribution in [0.2, 0.25) is 0 Å². The van der Waals surface area contributed by atoms with Crippen molar-refractivity contribution in [3.63, 3.8) is 0 Å². The van der Waals surface area contributed by atoms with Gasteiger partial charge >= 0.3 is 0 Å². The summed E-state index contributed by atoms with van der Waals surface area (Å²) in [7, 11) is 0. The lowest BCUT2D eigenvalue weighted by atomic mass is 9.88. The second kappa shape index (κ2) is 12.5. The minimum atomic E-state index is -0.0301. The third-order valence-corrected chi connectivity index (χ3v) is 8.59. The molecule has 6 rings (SSSR count). The first-order valence-electron chi connectivity index (χ1n) is 14.7. The van der Waals surface area contributed by atoms with Gasteiger partial charge in [-0.3, -0.25) is 14.6 Å². The Morgan fingerprint density at radius 3 is 2.67 bits per heavy atom. The summed E-state index contributed by atoms with van der Waals surface area (Å²) in [6, 6.07) is 21.8. The van der Waals surface area contributed by atoms with Crippen molar-refractivity contribution in [2.75, 3.05) is 59.1 Å². The molecule has 2 heterocycles. The van der Waals surface area contributed by atoms with Crippen LogP contribution in [-0.2, 0) is 28.9 Å². The van der Waals surface area contributed by atoms with Crippen molar-refractivity contribution in [3.05, 3.63) is 77.4 Å². The molecule has 206 valence electrons. The molecule has 6 nitrogen and oxygen atoms in total. The van der Waals surface area contributed by atoms with Crippen molar-refractivity contribution in [1.29, 1.82) is 0 Å². The number of morpholine rings is 1. The average molecular weight is 528 g/mol. The van der Waals surface area contributed by atoms with Gasteiger partial charge in [0.15, 0.2) is 0 Å². The van der Waals surface area contributed by atoms with Crippen molar-refractivity contribution in [3.8, 4) is 5.75 Å². The minimum Gasteiger partial charge on any atom is -0.493 e. The average Bonchev–Trinajstić information content (AvgIpc) is 3.44. The van der Waals surface area contributed by atoms with E-state index in [1.165, 1.54) is 40.3 Å². The molecule has 1 amide bonds. The number of hydrogen-bond acceptors (Lipinski definition) is 5. The number of fused-ring (bicyclic) bond motifs is 2. The fourth-order valence-electron chi connectivity index (χ4n) is 6.50. The molecule has 3 aromatic rings. The fourth-order valence-corrected chi connectivity index (χ4v) is 6.50. The van der Waals surface area contributed by atoms with Crippen molar-refractivity contribution >= 4 is 16.7 Å². The molecule has 3 aliphatic rings. The predicted octanol–water partition coefficient (Wildman–Crippen LogP) is 4.29. The number of ether oxygens (including phenoxy) is 2. The van der Waals surface area contributed by atoms with Gasteiger partial charge < -0.3 is 14.8 Å². The zero-order valence-corrected chi connectivity index (χ0v) is 22.9. The third kappa shape index (κ3) is 6.81.